The molecule has 3 aliphatic rings. The van der Waals surface area contributed by atoms with Crippen LogP contribution in [0.15, 0.2) is 24.3 Å². The Morgan fingerprint density at radius 1 is 1.50 bits per heavy atom. The van der Waals surface area contributed by atoms with E-state index in [1.807, 2.05) is 12.1 Å². The van der Waals surface area contributed by atoms with Crippen molar-refractivity contribution in [2.45, 2.75) is 43.3 Å². The number of aryl methyl sites for hydroxylation is 1. The molecule has 3 atom stereocenters. The summed E-state index contributed by atoms with van der Waals surface area (Å²) >= 11 is -0.468. The fourth-order valence-corrected chi connectivity index (χ4v) is 5.14. The van der Waals surface area contributed by atoms with Crippen LogP contribution in [0.3, 0.4) is 0 Å². The number of ketones is 1. The van der Waals surface area contributed by atoms with Gasteiger partial charge < -0.3 is 14.3 Å². The standard InChI is InChI=1S/C18H20INO4/c1-4-18-14-11-5-6-13(24-20-19-2)15(14)23-16(18)12(21)8-10-17(18,22-3)9-7-11/h5-6,8,10,16,20H,2,4,7,9H2,1,3H3/t16?,17-,18-/m0/s1. The molecule has 0 amide bonds. The average molecular weight is 441 g/mol. The lowest BCUT2D eigenvalue weighted by atomic mass is 9.54. The molecule has 2 aliphatic carbocycles. The van der Waals surface area contributed by atoms with Crippen LogP contribution in [0, 0.1) is 0 Å². The van der Waals surface area contributed by atoms with Crippen molar-refractivity contribution in [1.82, 2.24) is 3.69 Å². The zero-order valence-electron chi connectivity index (χ0n) is 13.7. The van der Waals surface area contributed by atoms with E-state index in [1.165, 1.54) is 5.56 Å². The van der Waals surface area contributed by atoms with Crippen LogP contribution in [0.4, 0.5) is 0 Å². The van der Waals surface area contributed by atoms with Gasteiger partial charge in [0.15, 0.2) is 23.4 Å². The summed E-state index contributed by atoms with van der Waals surface area (Å²) in [4.78, 5) is 18.3. The first kappa shape index (κ1) is 16.2. The number of nitrogens with one attached hydrogen (secondary N) is 1. The quantitative estimate of drug-likeness (QED) is 0.433. The first-order valence-electron chi connectivity index (χ1n) is 8.04. The van der Waals surface area contributed by atoms with Crippen molar-refractivity contribution >= 4 is 31.3 Å². The Hall–Kier alpha value is -1.25. The van der Waals surface area contributed by atoms with E-state index in [-0.39, 0.29) is 5.78 Å². The van der Waals surface area contributed by atoms with Crippen molar-refractivity contribution in [3.05, 3.63) is 35.4 Å². The van der Waals surface area contributed by atoms with E-state index in [4.69, 9.17) is 14.3 Å². The van der Waals surface area contributed by atoms with Crippen LogP contribution in [0.25, 0.3) is 0 Å². The molecule has 0 saturated heterocycles. The summed E-state index contributed by atoms with van der Waals surface area (Å²) < 4.78 is 18.9. The third-order valence-electron chi connectivity index (χ3n) is 5.76. The van der Waals surface area contributed by atoms with E-state index < -0.39 is 38.1 Å². The van der Waals surface area contributed by atoms with Gasteiger partial charge in [-0.05, 0) is 64.0 Å². The Balaban J connectivity index is 1.99. The third-order valence-corrected chi connectivity index (χ3v) is 6.29. The van der Waals surface area contributed by atoms with Gasteiger partial charge in [-0.15, -0.1) is 3.69 Å². The van der Waals surface area contributed by atoms with Gasteiger partial charge in [-0.2, -0.15) is 0 Å². The van der Waals surface area contributed by atoms with Crippen LogP contribution >= 0.6 is 21.0 Å². The van der Waals surface area contributed by atoms with Gasteiger partial charge in [0.1, 0.15) is 5.60 Å². The minimum atomic E-state index is -0.555. The van der Waals surface area contributed by atoms with E-state index >= 15 is 0 Å². The lowest BCUT2D eigenvalue weighted by Gasteiger charge is -2.52. The molecule has 0 aromatic heterocycles. The maximum Gasteiger partial charge on any atom is 0.196 e. The van der Waals surface area contributed by atoms with E-state index in [1.54, 1.807) is 13.2 Å². The fourth-order valence-electron chi connectivity index (χ4n) is 4.75. The molecule has 0 bridgehead atoms. The minimum Gasteiger partial charge on any atom is -0.477 e. The summed E-state index contributed by atoms with van der Waals surface area (Å²) in [5.74, 6) is 1.30. The molecule has 1 N–H and O–H groups in total. The second-order valence-corrected chi connectivity index (χ2v) is 7.60. The first-order valence-corrected chi connectivity index (χ1v) is 10.6. The van der Waals surface area contributed by atoms with Gasteiger partial charge in [-0.3, -0.25) is 4.79 Å². The Morgan fingerprint density at radius 3 is 3.04 bits per heavy atom. The molecule has 24 heavy (non-hydrogen) atoms. The number of hydrogen-bond acceptors (Lipinski definition) is 5. The van der Waals surface area contributed by atoms with Gasteiger partial charge in [0.25, 0.3) is 0 Å². The molecule has 0 spiro atoms. The number of carbonyl (C=O) groups is 1. The lowest BCUT2D eigenvalue weighted by Crippen LogP contribution is -2.63. The van der Waals surface area contributed by atoms with Crippen molar-refractivity contribution in [3.8, 4) is 11.5 Å². The zero-order chi connectivity index (χ0) is 16.9. The Morgan fingerprint density at radius 2 is 2.33 bits per heavy atom. The predicted octanol–water partition coefficient (Wildman–Crippen LogP) is 2.77. The highest BCUT2D eigenvalue weighted by molar-refractivity contribution is 14.2. The zero-order valence-corrected chi connectivity index (χ0v) is 15.9. The maximum atomic E-state index is 12.6. The highest BCUT2D eigenvalue weighted by Crippen LogP contribution is 2.62. The number of methoxy groups -OCH3 is 1. The van der Waals surface area contributed by atoms with Crippen LogP contribution in [0.2, 0.25) is 0 Å². The van der Waals surface area contributed by atoms with Crippen LogP contribution < -0.4 is 13.3 Å². The molecule has 0 radical (unpaired) electrons. The van der Waals surface area contributed by atoms with E-state index in [0.717, 1.165) is 24.8 Å². The van der Waals surface area contributed by atoms with Gasteiger partial charge in [-0.25, -0.2) is 0 Å². The number of benzene rings is 1. The van der Waals surface area contributed by atoms with Crippen molar-refractivity contribution < 1.29 is 19.1 Å². The molecule has 1 unspecified atom stereocenters. The van der Waals surface area contributed by atoms with E-state index in [9.17, 15) is 4.79 Å². The van der Waals surface area contributed by atoms with Crippen LogP contribution in [-0.2, 0) is 21.4 Å². The lowest BCUT2D eigenvalue weighted by molar-refractivity contribution is -0.136. The molecule has 4 rings (SSSR count). The Kier molecular flexibility index (Phi) is 3.81. The smallest absolute Gasteiger partial charge is 0.196 e. The molecule has 0 saturated carbocycles. The van der Waals surface area contributed by atoms with Crippen molar-refractivity contribution in [3.63, 3.8) is 0 Å². The highest BCUT2D eigenvalue weighted by Gasteiger charge is 2.66. The summed E-state index contributed by atoms with van der Waals surface area (Å²) in [6.45, 7) is 2.11. The second kappa shape index (κ2) is 5.64. The number of halogens is 1. The third kappa shape index (κ3) is 1.82. The fraction of sp³-hybridized carbons (Fsp3) is 0.444. The molecule has 1 aromatic carbocycles. The summed E-state index contributed by atoms with van der Waals surface area (Å²) in [7, 11) is 1.73. The van der Waals surface area contributed by atoms with Gasteiger partial charge in [0.2, 0.25) is 0 Å². The number of rotatable bonds is 5. The molecule has 6 heteroatoms. The Labute approximate surface area is 151 Å². The number of ether oxygens (including phenoxy) is 2. The monoisotopic (exact) mass is 441 g/mol. The van der Waals surface area contributed by atoms with Gasteiger partial charge in [0.05, 0.1) is 5.41 Å². The maximum absolute atomic E-state index is 12.6. The number of hydrogen-bond donors (Lipinski definition) is 1. The van der Waals surface area contributed by atoms with Crippen molar-refractivity contribution in [1.29, 1.82) is 0 Å². The molecule has 0 fully saturated rings. The molecule has 5 nitrogen and oxygen atoms in total. The Bertz CT molecular complexity index is 762. The second-order valence-electron chi connectivity index (χ2n) is 6.39. The van der Waals surface area contributed by atoms with Crippen LogP contribution in [-0.4, -0.2) is 29.1 Å². The molecule has 1 aromatic rings. The summed E-state index contributed by atoms with van der Waals surface area (Å²) in [6, 6.07) is 4.00. The van der Waals surface area contributed by atoms with E-state index in [0.29, 0.717) is 11.5 Å². The molecular formula is C18H20INO4. The van der Waals surface area contributed by atoms with Gasteiger partial charge in [-0.1, -0.05) is 17.5 Å². The van der Waals surface area contributed by atoms with Crippen LogP contribution in [0.5, 0.6) is 11.5 Å². The average Bonchev–Trinajstić information content (AvgIpc) is 2.99. The summed E-state index contributed by atoms with van der Waals surface area (Å²) in [6.07, 6.45) is 5.52. The summed E-state index contributed by atoms with van der Waals surface area (Å²) in [5.41, 5.74) is 1.31. The molecule has 1 heterocycles. The predicted molar refractivity (Wildman–Crippen MR) is 99.9 cm³/mol. The minimum absolute atomic E-state index is 0.00272. The van der Waals surface area contributed by atoms with Crippen molar-refractivity contribution in [2.24, 2.45) is 0 Å². The molecule has 1 aliphatic heterocycles. The van der Waals surface area contributed by atoms with Crippen LogP contribution in [0.1, 0.15) is 30.9 Å². The number of carbonyl (C=O) groups excluding carboxylic acids is 1. The molecule has 128 valence electrons. The van der Waals surface area contributed by atoms with Gasteiger partial charge >= 0.3 is 0 Å². The van der Waals surface area contributed by atoms with Crippen molar-refractivity contribution in [2.75, 3.05) is 7.11 Å². The first-order chi connectivity index (χ1) is 11.6. The summed E-state index contributed by atoms with van der Waals surface area (Å²) in [5, 5.41) is 0. The van der Waals surface area contributed by atoms with Gasteiger partial charge in [0, 0.05) is 12.7 Å². The molecular weight excluding hydrogens is 421 g/mol. The highest BCUT2D eigenvalue weighted by atomic mass is 127. The normalized spacial score (nSPS) is 32.4. The largest absolute Gasteiger partial charge is 0.477 e. The van der Waals surface area contributed by atoms with E-state index in [2.05, 4.69) is 21.2 Å². The SMILES string of the molecule is C=INOc1ccc2c3c1OC1C(=O)C=C[C@@](OC)(CC2)[C@@]31CC. The topological polar surface area (TPSA) is 56.8 Å².